The number of carboxylic acid groups (broad SMARTS) is 1. The van der Waals surface area contributed by atoms with Crippen molar-refractivity contribution in [3.8, 4) is 11.1 Å². The van der Waals surface area contributed by atoms with Gasteiger partial charge >= 0.3 is 12.1 Å². The maximum atomic E-state index is 12.8. The van der Waals surface area contributed by atoms with Crippen LogP contribution >= 0.6 is 0 Å². The SMILES string of the molecule is CCCCC(NC(=O)OCC1c2ccccc2-c2ccccc21)C(=O)NC1CC(CC(=O)O)C1. The number of hydrogen-bond acceptors (Lipinski definition) is 4. The number of aliphatic carboxylic acids is 1. The number of amides is 2. The molecular weight excluding hydrogens is 432 g/mol. The van der Waals surface area contributed by atoms with E-state index >= 15 is 0 Å². The van der Waals surface area contributed by atoms with E-state index in [0.717, 1.165) is 35.1 Å². The van der Waals surface area contributed by atoms with E-state index in [1.807, 2.05) is 31.2 Å². The highest BCUT2D eigenvalue weighted by atomic mass is 16.5. The fourth-order valence-corrected chi connectivity index (χ4v) is 5.03. The predicted octanol–water partition coefficient (Wildman–Crippen LogP) is 4.45. The van der Waals surface area contributed by atoms with E-state index in [-0.39, 0.29) is 36.8 Å². The lowest BCUT2D eigenvalue weighted by Gasteiger charge is -2.35. The molecule has 34 heavy (non-hydrogen) atoms. The van der Waals surface area contributed by atoms with Gasteiger partial charge in [0, 0.05) is 18.4 Å². The highest BCUT2D eigenvalue weighted by Crippen LogP contribution is 2.44. The van der Waals surface area contributed by atoms with Crippen LogP contribution in [-0.2, 0) is 14.3 Å². The summed E-state index contributed by atoms with van der Waals surface area (Å²) < 4.78 is 5.61. The second-order valence-electron chi connectivity index (χ2n) is 9.31. The second-order valence-corrected chi connectivity index (χ2v) is 9.31. The average Bonchev–Trinajstić information content (AvgIpc) is 3.12. The fraction of sp³-hybridized carbons (Fsp3) is 0.444. The normalized spacial score (nSPS) is 19.3. The molecule has 0 heterocycles. The van der Waals surface area contributed by atoms with Gasteiger partial charge < -0.3 is 20.5 Å². The van der Waals surface area contributed by atoms with Gasteiger partial charge in [-0.25, -0.2) is 4.79 Å². The van der Waals surface area contributed by atoms with Crippen molar-refractivity contribution in [3.63, 3.8) is 0 Å². The van der Waals surface area contributed by atoms with E-state index in [9.17, 15) is 14.4 Å². The Morgan fingerprint density at radius 3 is 2.24 bits per heavy atom. The number of nitrogens with one attached hydrogen (secondary N) is 2. The van der Waals surface area contributed by atoms with Gasteiger partial charge in [0.15, 0.2) is 0 Å². The molecule has 7 heteroatoms. The van der Waals surface area contributed by atoms with Crippen molar-refractivity contribution in [2.45, 2.75) is 63.5 Å². The van der Waals surface area contributed by atoms with E-state index in [1.165, 1.54) is 0 Å². The van der Waals surface area contributed by atoms with Gasteiger partial charge in [0.1, 0.15) is 12.6 Å². The number of alkyl carbamates (subject to hydrolysis) is 1. The minimum atomic E-state index is -0.812. The van der Waals surface area contributed by atoms with Crippen LogP contribution in [0.5, 0.6) is 0 Å². The Balaban J connectivity index is 1.33. The number of carbonyl (C=O) groups excluding carboxylic acids is 2. The number of hydrogen-bond donors (Lipinski definition) is 3. The quantitative estimate of drug-likeness (QED) is 0.482. The van der Waals surface area contributed by atoms with Crippen LogP contribution in [0.3, 0.4) is 0 Å². The second kappa shape index (κ2) is 10.7. The first-order valence-corrected chi connectivity index (χ1v) is 12.1. The van der Waals surface area contributed by atoms with Crippen LogP contribution in [0.2, 0.25) is 0 Å². The van der Waals surface area contributed by atoms with Crippen LogP contribution in [0.25, 0.3) is 11.1 Å². The molecule has 4 rings (SSSR count). The largest absolute Gasteiger partial charge is 0.481 e. The summed E-state index contributed by atoms with van der Waals surface area (Å²) >= 11 is 0. The Hall–Kier alpha value is -3.35. The molecule has 1 unspecified atom stereocenters. The molecule has 2 aliphatic carbocycles. The van der Waals surface area contributed by atoms with Gasteiger partial charge in [0.25, 0.3) is 0 Å². The summed E-state index contributed by atoms with van der Waals surface area (Å²) in [6.45, 7) is 2.23. The molecule has 7 nitrogen and oxygen atoms in total. The molecule has 0 radical (unpaired) electrons. The maximum absolute atomic E-state index is 12.8. The van der Waals surface area contributed by atoms with Gasteiger partial charge in [0.2, 0.25) is 5.91 Å². The third-order valence-corrected chi connectivity index (χ3v) is 6.84. The number of benzene rings is 2. The zero-order valence-electron chi connectivity index (χ0n) is 19.5. The summed E-state index contributed by atoms with van der Waals surface area (Å²) in [4.78, 5) is 36.3. The Kier molecular flexibility index (Phi) is 7.50. The molecular formula is C27H32N2O5. The summed E-state index contributed by atoms with van der Waals surface area (Å²) in [6.07, 6.45) is 3.07. The van der Waals surface area contributed by atoms with Crippen LogP contribution in [0.4, 0.5) is 4.79 Å². The monoisotopic (exact) mass is 464 g/mol. The molecule has 2 aromatic rings. The number of unbranched alkanes of at least 4 members (excludes halogenated alkanes) is 1. The number of rotatable bonds is 10. The van der Waals surface area contributed by atoms with Crippen LogP contribution in [0, 0.1) is 5.92 Å². The van der Waals surface area contributed by atoms with Crippen LogP contribution < -0.4 is 10.6 Å². The fourth-order valence-electron chi connectivity index (χ4n) is 5.03. The first-order valence-electron chi connectivity index (χ1n) is 12.1. The molecule has 0 aliphatic heterocycles. The van der Waals surface area contributed by atoms with Crippen molar-refractivity contribution in [1.82, 2.24) is 10.6 Å². The van der Waals surface area contributed by atoms with E-state index < -0.39 is 18.1 Å². The Bertz CT molecular complexity index is 1000. The van der Waals surface area contributed by atoms with Crippen molar-refractivity contribution < 1.29 is 24.2 Å². The molecule has 0 saturated heterocycles. The van der Waals surface area contributed by atoms with E-state index in [1.54, 1.807) is 0 Å². The molecule has 1 fully saturated rings. The van der Waals surface area contributed by atoms with E-state index in [4.69, 9.17) is 9.84 Å². The molecule has 2 aromatic carbocycles. The Morgan fingerprint density at radius 1 is 1.03 bits per heavy atom. The summed E-state index contributed by atoms with van der Waals surface area (Å²) in [5.74, 6) is -0.984. The maximum Gasteiger partial charge on any atom is 0.407 e. The molecule has 0 bridgehead atoms. The van der Waals surface area contributed by atoms with Gasteiger partial charge in [-0.3, -0.25) is 9.59 Å². The molecule has 2 aliphatic rings. The third kappa shape index (κ3) is 5.41. The number of ether oxygens (including phenoxy) is 1. The smallest absolute Gasteiger partial charge is 0.407 e. The van der Waals surface area contributed by atoms with Crippen LogP contribution in [0.15, 0.2) is 48.5 Å². The van der Waals surface area contributed by atoms with Crippen LogP contribution in [0.1, 0.15) is 62.5 Å². The molecule has 2 amide bonds. The van der Waals surface area contributed by atoms with Gasteiger partial charge in [-0.05, 0) is 47.4 Å². The number of fused-ring (bicyclic) bond motifs is 3. The summed E-state index contributed by atoms with van der Waals surface area (Å²) in [5.41, 5.74) is 4.60. The average molecular weight is 465 g/mol. The lowest BCUT2D eigenvalue weighted by molar-refractivity contribution is -0.139. The first kappa shape index (κ1) is 23.8. The zero-order chi connectivity index (χ0) is 24.1. The topological polar surface area (TPSA) is 105 Å². The summed E-state index contributed by atoms with van der Waals surface area (Å²) in [5, 5.41) is 14.6. The lowest BCUT2D eigenvalue weighted by Crippen LogP contribution is -2.53. The van der Waals surface area contributed by atoms with Crippen molar-refractivity contribution in [2.75, 3.05) is 6.61 Å². The molecule has 180 valence electrons. The lowest BCUT2D eigenvalue weighted by atomic mass is 9.78. The standard InChI is InChI=1S/C27H32N2O5/c1-2-3-12-24(26(32)28-18-13-17(14-18)15-25(30)31)29-27(33)34-16-23-21-10-6-4-8-19(21)20-9-5-7-11-22(20)23/h4-11,17-18,23-24H,2-3,12-16H2,1H3,(H,28,32)(H,29,33)(H,30,31). The summed E-state index contributed by atoms with van der Waals surface area (Å²) in [7, 11) is 0. The predicted molar refractivity (Wildman–Crippen MR) is 128 cm³/mol. The van der Waals surface area contributed by atoms with E-state index in [0.29, 0.717) is 19.3 Å². The van der Waals surface area contributed by atoms with Crippen LogP contribution in [-0.4, -0.2) is 41.8 Å². The third-order valence-electron chi connectivity index (χ3n) is 6.84. The summed E-state index contributed by atoms with van der Waals surface area (Å²) in [6, 6.07) is 15.6. The van der Waals surface area contributed by atoms with Crippen molar-refractivity contribution in [3.05, 3.63) is 59.7 Å². The van der Waals surface area contributed by atoms with Crippen molar-refractivity contribution >= 4 is 18.0 Å². The van der Waals surface area contributed by atoms with Gasteiger partial charge in [0.05, 0.1) is 0 Å². The minimum Gasteiger partial charge on any atom is -0.481 e. The number of carboxylic acids is 1. The Morgan fingerprint density at radius 2 is 1.65 bits per heavy atom. The van der Waals surface area contributed by atoms with E-state index in [2.05, 4.69) is 34.9 Å². The van der Waals surface area contributed by atoms with Gasteiger partial charge in [-0.1, -0.05) is 68.3 Å². The molecule has 0 spiro atoms. The molecule has 0 aromatic heterocycles. The zero-order valence-corrected chi connectivity index (χ0v) is 19.5. The number of carbonyl (C=O) groups is 3. The highest BCUT2D eigenvalue weighted by Gasteiger charge is 2.34. The Labute approximate surface area is 199 Å². The van der Waals surface area contributed by atoms with Gasteiger partial charge in [-0.15, -0.1) is 0 Å². The molecule has 1 atom stereocenters. The minimum absolute atomic E-state index is 0.0368. The molecule has 3 N–H and O–H groups in total. The van der Waals surface area contributed by atoms with Gasteiger partial charge in [-0.2, -0.15) is 0 Å². The van der Waals surface area contributed by atoms with Crippen molar-refractivity contribution in [2.24, 2.45) is 5.92 Å². The highest BCUT2D eigenvalue weighted by molar-refractivity contribution is 5.86. The molecule has 1 saturated carbocycles. The van der Waals surface area contributed by atoms with Crippen molar-refractivity contribution in [1.29, 1.82) is 0 Å². The first-order chi connectivity index (χ1) is 16.5.